The van der Waals surface area contributed by atoms with Crippen molar-refractivity contribution in [2.24, 2.45) is 0 Å². The van der Waals surface area contributed by atoms with Crippen molar-refractivity contribution in [1.82, 2.24) is 25.3 Å². The van der Waals surface area contributed by atoms with Crippen LogP contribution in [0.4, 0.5) is 4.79 Å². The van der Waals surface area contributed by atoms with Gasteiger partial charge in [0.05, 0.1) is 16.7 Å². The number of fused-ring (bicyclic) bond motifs is 1. The largest absolute Gasteiger partial charge is 0.344 e. The van der Waals surface area contributed by atoms with Crippen LogP contribution in [-0.4, -0.2) is 43.7 Å². The second-order valence-electron chi connectivity index (χ2n) is 8.22. The van der Waals surface area contributed by atoms with E-state index in [2.05, 4.69) is 15.7 Å². The van der Waals surface area contributed by atoms with E-state index in [0.29, 0.717) is 28.9 Å². The zero-order chi connectivity index (χ0) is 22.2. The summed E-state index contributed by atoms with van der Waals surface area (Å²) in [7, 11) is 0. The van der Waals surface area contributed by atoms with Gasteiger partial charge in [-0.15, -0.1) is 0 Å². The van der Waals surface area contributed by atoms with E-state index in [1.54, 1.807) is 28.8 Å². The summed E-state index contributed by atoms with van der Waals surface area (Å²) in [6.07, 6.45) is 3.93. The fraction of sp³-hybridized carbons (Fsp3) is 0.476. The normalized spacial score (nSPS) is 18.1. The Morgan fingerprint density at radius 1 is 1.19 bits per heavy atom. The third kappa shape index (κ3) is 3.91. The maximum Gasteiger partial charge on any atom is 0.344 e. The first-order valence-corrected chi connectivity index (χ1v) is 11.4. The Morgan fingerprint density at radius 3 is 2.61 bits per heavy atom. The molecule has 0 radical (unpaired) electrons. The molecule has 2 aromatic rings. The molecular formula is C21H25N5O4S. The molecular weight excluding hydrogens is 418 g/mol. The van der Waals surface area contributed by atoms with E-state index in [0.717, 1.165) is 36.0 Å². The summed E-state index contributed by atoms with van der Waals surface area (Å²) in [5, 5.41) is 4.47. The maximum atomic E-state index is 12.9. The molecule has 9 nitrogen and oxygen atoms in total. The molecule has 0 bridgehead atoms. The highest BCUT2D eigenvalue weighted by Crippen LogP contribution is 2.33. The predicted molar refractivity (Wildman–Crippen MR) is 116 cm³/mol. The number of carbonyl (C=O) groups excluding carboxylic acids is 3. The van der Waals surface area contributed by atoms with Crippen LogP contribution < -0.4 is 16.3 Å². The molecule has 1 saturated carbocycles. The molecule has 0 atom stereocenters. The molecule has 1 aromatic carbocycles. The number of benzene rings is 1. The molecule has 1 saturated heterocycles. The average molecular weight is 444 g/mol. The van der Waals surface area contributed by atoms with Crippen molar-refractivity contribution in [1.29, 1.82) is 0 Å². The van der Waals surface area contributed by atoms with Crippen LogP contribution in [0.3, 0.4) is 0 Å². The predicted octanol–water partition coefficient (Wildman–Crippen LogP) is 2.36. The molecule has 2 fully saturated rings. The van der Waals surface area contributed by atoms with Gasteiger partial charge in [0.2, 0.25) is 5.91 Å². The minimum Gasteiger partial charge on any atom is -0.322 e. The van der Waals surface area contributed by atoms with Crippen LogP contribution in [0.1, 0.15) is 52.0 Å². The van der Waals surface area contributed by atoms with E-state index in [1.165, 1.54) is 0 Å². The molecule has 2 aliphatic rings. The Bertz CT molecular complexity index is 1110. The van der Waals surface area contributed by atoms with Crippen molar-refractivity contribution in [3.05, 3.63) is 34.6 Å². The highest BCUT2D eigenvalue weighted by Gasteiger charge is 2.52. The molecule has 1 spiro atoms. The molecule has 1 aromatic heterocycles. The van der Waals surface area contributed by atoms with Gasteiger partial charge in [-0.05, 0) is 38.8 Å². The number of hydrazine groups is 1. The van der Waals surface area contributed by atoms with Gasteiger partial charge in [-0.25, -0.2) is 9.78 Å². The molecule has 1 aliphatic carbocycles. The molecule has 31 heavy (non-hydrogen) atoms. The topological polar surface area (TPSA) is 113 Å². The van der Waals surface area contributed by atoms with Crippen LogP contribution in [0.5, 0.6) is 0 Å². The SMILES string of the molecule is CC(C)n1c(SCC(=O)NN2C(=O)NC3(CCCCC3)C2=O)nc2ccccc2c1=O. The first kappa shape index (κ1) is 21.4. The summed E-state index contributed by atoms with van der Waals surface area (Å²) in [4.78, 5) is 55.1. The summed E-state index contributed by atoms with van der Waals surface area (Å²) in [5.41, 5.74) is 1.91. The Labute approximate surface area is 183 Å². The number of hydrogen-bond donors (Lipinski definition) is 2. The van der Waals surface area contributed by atoms with Gasteiger partial charge >= 0.3 is 6.03 Å². The van der Waals surface area contributed by atoms with Crippen LogP contribution >= 0.6 is 11.8 Å². The molecule has 0 unspecified atom stereocenters. The van der Waals surface area contributed by atoms with Gasteiger partial charge in [0.1, 0.15) is 5.54 Å². The smallest absolute Gasteiger partial charge is 0.322 e. The molecule has 1 aliphatic heterocycles. The standard InChI is InChI=1S/C21H25N5O4S/c1-13(2)25-17(28)14-8-4-5-9-15(14)22-20(25)31-12-16(27)24-26-18(29)21(23-19(26)30)10-6-3-7-11-21/h4-5,8-9,13H,3,6-7,10-12H2,1-2H3,(H,23,30)(H,24,27). The van der Waals surface area contributed by atoms with Crippen LogP contribution in [-0.2, 0) is 9.59 Å². The van der Waals surface area contributed by atoms with Crippen LogP contribution in [0.15, 0.2) is 34.2 Å². The number of aromatic nitrogens is 2. The minimum atomic E-state index is -0.895. The Hall–Kier alpha value is -2.88. The average Bonchev–Trinajstić information content (AvgIpc) is 2.96. The van der Waals surface area contributed by atoms with E-state index in [-0.39, 0.29) is 17.4 Å². The monoisotopic (exact) mass is 443 g/mol. The summed E-state index contributed by atoms with van der Waals surface area (Å²) in [6.45, 7) is 3.75. The van der Waals surface area contributed by atoms with Gasteiger partial charge in [0.25, 0.3) is 11.5 Å². The third-order valence-corrected chi connectivity index (χ3v) is 6.68. The maximum absolute atomic E-state index is 12.9. The summed E-state index contributed by atoms with van der Waals surface area (Å²) >= 11 is 1.10. The lowest BCUT2D eigenvalue weighted by Gasteiger charge is -2.30. The van der Waals surface area contributed by atoms with E-state index < -0.39 is 23.4 Å². The summed E-state index contributed by atoms with van der Waals surface area (Å²) < 4.78 is 1.55. The lowest BCUT2D eigenvalue weighted by molar-refractivity contribution is -0.139. The van der Waals surface area contributed by atoms with Crippen LogP contribution in [0.2, 0.25) is 0 Å². The number of imide groups is 1. The highest BCUT2D eigenvalue weighted by molar-refractivity contribution is 7.99. The number of thioether (sulfide) groups is 1. The zero-order valence-electron chi connectivity index (χ0n) is 17.5. The Balaban J connectivity index is 1.49. The molecule has 10 heteroatoms. The lowest BCUT2D eigenvalue weighted by atomic mass is 9.82. The number of rotatable bonds is 5. The Morgan fingerprint density at radius 2 is 1.90 bits per heavy atom. The second kappa shape index (κ2) is 8.33. The van der Waals surface area contributed by atoms with Gasteiger partial charge in [0.15, 0.2) is 5.16 Å². The second-order valence-corrected chi connectivity index (χ2v) is 9.16. The number of amides is 4. The fourth-order valence-corrected chi connectivity index (χ4v) is 5.11. The Kier molecular flexibility index (Phi) is 5.74. The lowest BCUT2D eigenvalue weighted by Crippen LogP contribution is -2.51. The van der Waals surface area contributed by atoms with Crippen LogP contribution in [0.25, 0.3) is 10.9 Å². The van der Waals surface area contributed by atoms with Crippen molar-refractivity contribution in [2.45, 2.75) is 62.7 Å². The van der Waals surface area contributed by atoms with Crippen molar-refractivity contribution >= 4 is 40.5 Å². The molecule has 2 heterocycles. The van der Waals surface area contributed by atoms with Crippen molar-refractivity contribution in [3.63, 3.8) is 0 Å². The van der Waals surface area contributed by atoms with Crippen LogP contribution in [0, 0.1) is 0 Å². The van der Waals surface area contributed by atoms with E-state index >= 15 is 0 Å². The number of urea groups is 1. The summed E-state index contributed by atoms with van der Waals surface area (Å²) in [6, 6.07) is 6.31. The van der Waals surface area contributed by atoms with E-state index in [9.17, 15) is 19.2 Å². The number of nitrogens with zero attached hydrogens (tertiary/aromatic N) is 3. The summed E-state index contributed by atoms with van der Waals surface area (Å²) in [5.74, 6) is -1.01. The molecule has 4 rings (SSSR count). The first-order chi connectivity index (χ1) is 14.8. The van der Waals surface area contributed by atoms with Gasteiger partial charge in [-0.2, -0.15) is 5.01 Å². The quantitative estimate of drug-likeness (QED) is 0.417. The van der Waals surface area contributed by atoms with Crippen molar-refractivity contribution in [2.75, 3.05) is 5.75 Å². The minimum absolute atomic E-state index is 0.0957. The number of hydrogen-bond acceptors (Lipinski definition) is 6. The van der Waals surface area contributed by atoms with Gasteiger partial charge in [-0.1, -0.05) is 43.2 Å². The molecule has 164 valence electrons. The van der Waals surface area contributed by atoms with E-state index in [4.69, 9.17) is 0 Å². The number of para-hydroxylation sites is 1. The van der Waals surface area contributed by atoms with Gasteiger partial charge in [0, 0.05) is 6.04 Å². The van der Waals surface area contributed by atoms with Gasteiger partial charge in [-0.3, -0.25) is 24.4 Å². The van der Waals surface area contributed by atoms with E-state index in [1.807, 2.05) is 13.8 Å². The molecule has 2 N–H and O–H groups in total. The molecule has 4 amide bonds. The highest BCUT2D eigenvalue weighted by atomic mass is 32.2. The fourth-order valence-electron chi connectivity index (χ4n) is 4.19. The van der Waals surface area contributed by atoms with Crippen molar-refractivity contribution in [3.8, 4) is 0 Å². The number of carbonyl (C=O) groups is 3. The van der Waals surface area contributed by atoms with Gasteiger partial charge < -0.3 is 5.32 Å². The van der Waals surface area contributed by atoms with Crippen molar-refractivity contribution < 1.29 is 14.4 Å². The third-order valence-electron chi connectivity index (χ3n) is 5.73. The first-order valence-electron chi connectivity index (χ1n) is 10.4. The zero-order valence-corrected chi connectivity index (χ0v) is 18.3. The number of nitrogens with one attached hydrogen (secondary N) is 2.